The number of anilines is 1. The fourth-order valence-electron chi connectivity index (χ4n) is 2.67. The SMILES string of the molecule is Cc1c(CNc2cccc(I)c2)n(C)c2ccccc12. The van der Waals surface area contributed by atoms with Crippen LogP contribution in [0.5, 0.6) is 0 Å². The van der Waals surface area contributed by atoms with Gasteiger partial charge in [0.1, 0.15) is 0 Å². The van der Waals surface area contributed by atoms with Crippen molar-refractivity contribution in [1.82, 2.24) is 4.57 Å². The van der Waals surface area contributed by atoms with E-state index in [4.69, 9.17) is 0 Å². The van der Waals surface area contributed by atoms with Crippen molar-refractivity contribution in [2.24, 2.45) is 7.05 Å². The molecule has 3 rings (SSSR count). The van der Waals surface area contributed by atoms with Crippen LogP contribution in [0.25, 0.3) is 10.9 Å². The van der Waals surface area contributed by atoms with Gasteiger partial charge in [0.05, 0.1) is 6.54 Å². The second kappa shape index (κ2) is 5.48. The van der Waals surface area contributed by atoms with Gasteiger partial charge in [-0.2, -0.15) is 0 Å². The van der Waals surface area contributed by atoms with Gasteiger partial charge < -0.3 is 9.88 Å². The van der Waals surface area contributed by atoms with Gasteiger partial charge in [-0.1, -0.05) is 24.3 Å². The van der Waals surface area contributed by atoms with Gasteiger partial charge in [-0.15, -0.1) is 0 Å². The Balaban J connectivity index is 1.91. The van der Waals surface area contributed by atoms with Gasteiger partial charge in [0.2, 0.25) is 0 Å². The Labute approximate surface area is 132 Å². The Hall–Kier alpha value is -1.49. The second-order valence-corrected chi connectivity index (χ2v) is 6.26. The Morgan fingerprint density at radius 3 is 2.65 bits per heavy atom. The van der Waals surface area contributed by atoms with Crippen LogP contribution in [0.2, 0.25) is 0 Å². The summed E-state index contributed by atoms with van der Waals surface area (Å²) >= 11 is 2.34. The van der Waals surface area contributed by atoms with Crippen molar-refractivity contribution < 1.29 is 0 Å². The Morgan fingerprint density at radius 2 is 1.90 bits per heavy atom. The average Bonchev–Trinajstić information content (AvgIpc) is 2.70. The molecule has 0 saturated carbocycles. The molecule has 0 amide bonds. The molecule has 2 aromatic carbocycles. The molecule has 2 nitrogen and oxygen atoms in total. The topological polar surface area (TPSA) is 17.0 Å². The number of aryl methyl sites for hydroxylation is 2. The molecule has 1 N–H and O–H groups in total. The van der Waals surface area contributed by atoms with Gasteiger partial charge in [0.25, 0.3) is 0 Å². The first kappa shape index (κ1) is 13.5. The molecule has 0 aliphatic rings. The summed E-state index contributed by atoms with van der Waals surface area (Å²) in [7, 11) is 2.14. The van der Waals surface area contributed by atoms with Crippen molar-refractivity contribution >= 4 is 39.2 Å². The Morgan fingerprint density at radius 1 is 1.10 bits per heavy atom. The normalized spacial score (nSPS) is 10.9. The minimum atomic E-state index is 0.844. The highest BCUT2D eigenvalue weighted by Gasteiger charge is 2.10. The lowest BCUT2D eigenvalue weighted by atomic mass is 10.1. The van der Waals surface area contributed by atoms with E-state index in [1.807, 2.05) is 0 Å². The summed E-state index contributed by atoms with van der Waals surface area (Å²) in [5.41, 5.74) is 5.16. The molecule has 0 fully saturated rings. The summed E-state index contributed by atoms with van der Waals surface area (Å²) in [6.07, 6.45) is 0. The lowest BCUT2D eigenvalue weighted by molar-refractivity contribution is 0.862. The summed E-state index contributed by atoms with van der Waals surface area (Å²) < 4.78 is 3.53. The smallest absolute Gasteiger partial charge is 0.0556 e. The first-order chi connectivity index (χ1) is 9.66. The van der Waals surface area contributed by atoms with E-state index in [1.165, 1.54) is 31.4 Å². The van der Waals surface area contributed by atoms with Gasteiger partial charge in [0, 0.05) is 32.9 Å². The summed E-state index contributed by atoms with van der Waals surface area (Å²) in [5, 5.41) is 4.86. The zero-order chi connectivity index (χ0) is 14.1. The first-order valence-electron chi connectivity index (χ1n) is 6.69. The maximum Gasteiger partial charge on any atom is 0.0556 e. The number of aromatic nitrogens is 1. The molecule has 3 heteroatoms. The van der Waals surface area contributed by atoms with Crippen molar-refractivity contribution in [3.8, 4) is 0 Å². The highest BCUT2D eigenvalue weighted by Crippen LogP contribution is 2.25. The number of nitrogens with zero attached hydrogens (tertiary/aromatic N) is 1. The van der Waals surface area contributed by atoms with Crippen LogP contribution in [0.15, 0.2) is 48.5 Å². The van der Waals surface area contributed by atoms with Crippen LogP contribution in [0, 0.1) is 10.5 Å². The minimum Gasteiger partial charge on any atom is -0.379 e. The molecule has 3 aromatic rings. The van der Waals surface area contributed by atoms with E-state index >= 15 is 0 Å². The van der Waals surface area contributed by atoms with E-state index < -0.39 is 0 Å². The summed E-state index contributed by atoms with van der Waals surface area (Å²) in [6.45, 7) is 3.05. The Bertz CT molecular complexity index is 720. The van der Waals surface area contributed by atoms with Crippen LogP contribution in [0.4, 0.5) is 5.69 Å². The number of fused-ring (bicyclic) bond motifs is 1. The minimum absolute atomic E-state index is 0.844. The van der Waals surface area contributed by atoms with Crippen molar-refractivity contribution in [3.05, 3.63) is 63.4 Å². The number of hydrogen-bond donors (Lipinski definition) is 1. The standard InChI is InChI=1S/C17H17IN2/c1-12-15-8-3-4-9-16(15)20(2)17(12)11-19-14-7-5-6-13(18)10-14/h3-10,19H,11H2,1-2H3. The molecule has 0 aliphatic heterocycles. The first-order valence-corrected chi connectivity index (χ1v) is 7.77. The van der Waals surface area contributed by atoms with Gasteiger partial charge in [-0.25, -0.2) is 0 Å². The van der Waals surface area contributed by atoms with Crippen molar-refractivity contribution in [3.63, 3.8) is 0 Å². The number of halogens is 1. The average molecular weight is 376 g/mol. The number of benzene rings is 2. The number of hydrogen-bond acceptors (Lipinski definition) is 1. The Kier molecular flexibility index (Phi) is 3.70. The maximum absolute atomic E-state index is 3.52. The fourth-order valence-corrected chi connectivity index (χ4v) is 3.21. The second-order valence-electron chi connectivity index (χ2n) is 5.01. The molecule has 0 unspecified atom stereocenters. The fraction of sp³-hybridized carbons (Fsp3) is 0.176. The third-order valence-corrected chi connectivity index (χ3v) is 4.46. The van der Waals surface area contributed by atoms with Gasteiger partial charge in [-0.05, 0) is 59.3 Å². The van der Waals surface area contributed by atoms with Gasteiger partial charge >= 0.3 is 0 Å². The highest BCUT2D eigenvalue weighted by molar-refractivity contribution is 14.1. The van der Waals surface area contributed by atoms with E-state index in [9.17, 15) is 0 Å². The number of nitrogens with one attached hydrogen (secondary N) is 1. The molecular weight excluding hydrogens is 359 g/mol. The molecule has 102 valence electrons. The van der Waals surface area contributed by atoms with Crippen LogP contribution in [0.3, 0.4) is 0 Å². The molecule has 0 radical (unpaired) electrons. The van der Waals surface area contributed by atoms with Crippen molar-refractivity contribution in [2.45, 2.75) is 13.5 Å². The van der Waals surface area contributed by atoms with Crippen LogP contribution >= 0.6 is 22.6 Å². The van der Waals surface area contributed by atoms with Crippen LogP contribution < -0.4 is 5.32 Å². The third-order valence-electron chi connectivity index (χ3n) is 3.79. The van der Waals surface area contributed by atoms with Crippen molar-refractivity contribution in [1.29, 1.82) is 0 Å². The summed E-state index contributed by atoms with van der Waals surface area (Å²) in [4.78, 5) is 0. The van der Waals surface area contributed by atoms with E-state index in [2.05, 4.69) is 95.0 Å². The van der Waals surface area contributed by atoms with Crippen LogP contribution in [0.1, 0.15) is 11.3 Å². The molecule has 0 aliphatic carbocycles. The summed E-state index contributed by atoms with van der Waals surface area (Å²) in [6, 6.07) is 17.0. The maximum atomic E-state index is 3.52. The molecule has 0 spiro atoms. The zero-order valence-electron chi connectivity index (χ0n) is 11.7. The number of rotatable bonds is 3. The quantitative estimate of drug-likeness (QED) is 0.656. The zero-order valence-corrected chi connectivity index (χ0v) is 13.8. The molecule has 0 atom stereocenters. The van der Waals surface area contributed by atoms with Crippen LogP contribution in [-0.4, -0.2) is 4.57 Å². The van der Waals surface area contributed by atoms with E-state index in [-0.39, 0.29) is 0 Å². The van der Waals surface area contributed by atoms with E-state index in [0.29, 0.717) is 0 Å². The molecule has 20 heavy (non-hydrogen) atoms. The van der Waals surface area contributed by atoms with E-state index in [0.717, 1.165) is 6.54 Å². The predicted molar refractivity (Wildman–Crippen MR) is 94.1 cm³/mol. The molecule has 1 heterocycles. The van der Waals surface area contributed by atoms with Gasteiger partial charge in [0.15, 0.2) is 0 Å². The van der Waals surface area contributed by atoms with Crippen molar-refractivity contribution in [2.75, 3.05) is 5.32 Å². The lowest BCUT2D eigenvalue weighted by Crippen LogP contribution is -2.05. The molecule has 0 bridgehead atoms. The third kappa shape index (κ3) is 2.42. The highest BCUT2D eigenvalue weighted by atomic mass is 127. The summed E-state index contributed by atoms with van der Waals surface area (Å²) in [5.74, 6) is 0. The predicted octanol–water partition coefficient (Wildman–Crippen LogP) is 4.70. The van der Waals surface area contributed by atoms with E-state index in [1.54, 1.807) is 0 Å². The lowest BCUT2D eigenvalue weighted by Gasteiger charge is -2.09. The molecular formula is C17H17IN2. The molecule has 0 saturated heterocycles. The van der Waals surface area contributed by atoms with Gasteiger partial charge in [-0.3, -0.25) is 0 Å². The van der Waals surface area contributed by atoms with Crippen LogP contribution in [-0.2, 0) is 13.6 Å². The number of para-hydroxylation sites is 1. The largest absolute Gasteiger partial charge is 0.379 e. The molecule has 1 aromatic heterocycles. The monoisotopic (exact) mass is 376 g/mol.